The van der Waals surface area contributed by atoms with E-state index in [0.29, 0.717) is 0 Å². The number of halogens is 6. The predicted octanol–water partition coefficient (Wildman–Crippen LogP) is 9.93. The van der Waals surface area contributed by atoms with Crippen molar-refractivity contribution in [3.8, 4) is 0 Å². The topological polar surface area (TPSA) is 0 Å². The maximum absolute atomic E-state index is 11.6. The van der Waals surface area contributed by atoms with Gasteiger partial charge in [0.25, 0.3) is 0 Å². The standard InChI is InChI=1S/C5H6F6.3C3H8.4CH4/c1-3(2,4(6,7)8)5(9,10)11;3*1-3-2;;;;/h1-2H3;3*3H2,1-2H3;4*1H4. The summed E-state index contributed by atoms with van der Waals surface area (Å²) in [6.45, 7) is 13.0. The Morgan fingerprint density at radius 3 is 0.542 bits per heavy atom. The minimum atomic E-state index is -5.24. The first-order valence-corrected chi connectivity index (χ1v) is 6.88. The van der Waals surface area contributed by atoms with Crippen LogP contribution >= 0.6 is 0 Å². The van der Waals surface area contributed by atoms with E-state index in [9.17, 15) is 26.3 Å². The van der Waals surface area contributed by atoms with Gasteiger partial charge in [0.15, 0.2) is 5.41 Å². The highest BCUT2D eigenvalue weighted by molar-refractivity contribution is 4.84. The fourth-order valence-electron chi connectivity index (χ4n) is 0.161. The molecule has 0 heterocycles. The third-order valence-electron chi connectivity index (χ3n) is 1.42. The molecule has 0 nitrogen and oxygen atoms in total. The minimum Gasteiger partial charge on any atom is -0.170 e. The molecule has 0 aliphatic rings. The van der Waals surface area contributed by atoms with E-state index < -0.39 is 17.8 Å². The third-order valence-corrected chi connectivity index (χ3v) is 1.42. The van der Waals surface area contributed by atoms with Gasteiger partial charge in [-0.1, -0.05) is 90.5 Å². The van der Waals surface area contributed by atoms with Crippen LogP contribution in [0.3, 0.4) is 0 Å². The van der Waals surface area contributed by atoms with E-state index in [0.717, 1.165) is 0 Å². The number of hydrogen-bond acceptors (Lipinski definition) is 0. The van der Waals surface area contributed by atoms with Crippen molar-refractivity contribution in [1.82, 2.24) is 0 Å². The molecule has 24 heavy (non-hydrogen) atoms. The molecule has 0 unspecified atom stereocenters. The summed E-state index contributed by atoms with van der Waals surface area (Å²) in [5, 5.41) is 0. The van der Waals surface area contributed by atoms with Crippen molar-refractivity contribution in [2.75, 3.05) is 0 Å². The molecule has 0 atom stereocenters. The Kier molecular flexibility index (Phi) is 51.2. The van der Waals surface area contributed by atoms with Crippen molar-refractivity contribution in [1.29, 1.82) is 0 Å². The Morgan fingerprint density at radius 1 is 0.458 bits per heavy atom. The van der Waals surface area contributed by atoms with E-state index >= 15 is 0 Å². The molecule has 0 saturated heterocycles. The summed E-state index contributed by atoms with van der Waals surface area (Å²) >= 11 is 0. The van der Waals surface area contributed by atoms with Crippen LogP contribution in [0.15, 0.2) is 0 Å². The maximum Gasteiger partial charge on any atom is 0.402 e. The van der Waals surface area contributed by atoms with Gasteiger partial charge in [0.05, 0.1) is 0 Å². The van der Waals surface area contributed by atoms with E-state index in [4.69, 9.17) is 0 Å². The van der Waals surface area contributed by atoms with E-state index in [-0.39, 0.29) is 43.6 Å². The van der Waals surface area contributed by atoms with Crippen LogP contribution in [-0.2, 0) is 0 Å². The Labute approximate surface area is 149 Å². The van der Waals surface area contributed by atoms with Crippen LogP contribution in [-0.4, -0.2) is 12.4 Å². The average Bonchev–Trinajstić information content (AvgIpc) is 2.17. The fourth-order valence-corrected chi connectivity index (χ4v) is 0.161. The zero-order valence-electron chi connectivity index (χ0n) is 13.9. The van der Waals surface area contributed by atoms with Crippen molar-refractivity contribution in [3.63, 3.8) is 0 Å². The van der Waals surface area contributed by atoms with Gasteiger partial charge < -0.3 is 0 Å². The third kappa shape index (κ3) is 29.6. The summed E-state index contributed by atoms with van der Waals surface area (Å²) in [6.07, 6.45) is -6.74. The molecule has 0 aliphatic carbocycles. The Bertz CT molecular complexity index is 160. The molecule has 0 aromatic rings. The monoisotopic (exact) mass is 376 g/mol. The Hall–Kier alpha value is -0.420. The highest BCUT2D eigenvalue weighted by atomic mass is 19.4. The van der Waals surface area contributed by atoms with Crippen LogP contribution in [0.1, 0.15) is 104 Å². The molecule has 0 radical (unpaired) electrons. The van der Waals surface area contributed by atoms with Gasteiger partial charge in [-0.05, 0) is 13.8 Å². The molecule has 0 saturated carbocycles. The zero-order valence-corrected chi connectivity index (χ0v) is 13.9. The predicted molar refractivity (Wildman–Crippen MR) is 101 cm³/mol. The average molecular weight is 377 g/mol. The lowest BCUT2D eigenvalue weighted by atomic mass is 9.92. The molecular formula is C18H46F6. The highest BCUT2D eigenvalue weighted by Crippen LogP contribution is 2.49. The molecule has 0 aromatic heterocycles. The van der Waals surface area contributed by atoms with E-state index in [1.54, 1.807) is 0 Å². The van der Waals surface area contributed by atoms with Gasteiger partial charge >= 0.3 is 12.4 Å². The lowest BCUT2D eigenvalue weighted by molar-refractivity contribution is -0.327. The lowest BCUT2D eigenvalue weighted by Crippen LogP contribution is -2.44. The van der Waals surface area contributed by atoms with Gasteiger partial charge in [-0.15, -0.1) is 0 Å². The van der Waals surface area contributed by atoms with Gasteiger partial charge in [-0.3, -0.25) is 0 Å². The molecular weight excluding hydrogens is 330 g/mol. The molecule has 160 valence electrons. The maximum atomic E-state index is 11.6. The lowest BCUT2D eigenvalue weighted by Gasteiger charge is -2.29. The van der Waals surface area contributed by atoms with Crippen LogP contribution < -0.4 is 0 Å². The van der Waals surface area contributed by atoms with Crippen molar-refractivity contribution in [2.24, 2.45) is 5.41 Å². The summed E-state index contributed by atoms with van der Waals surface area (Å²) in [5.41, 5.74) is -3.62. The molecule has 6 heteroatoms. The van der Waals surface area contributed by atoms with Crippen LogP contribution in [0.25, 0.3) is 0 Å². The van der Waals surface area contributed by atoms with Gasteiger partial charge in [0, 0.05) is 0 Å². The number of alkyl halides is 6. The van der Waals surface area contributed by atoms with Gasteiger partial charge in [-0.25, -0.2) is 0 Å². The second-order valence-corrected chi connectivity index (χ2v) is 4.74. The molecule has 0 fully saturated rings. The molecule has 0 bridgehead atoms. The molecule has 0 rings (SSSR count). The second kappa shape index (κ2) is 24.8. The second-order valence-electron chi connectivity index (χ2n) is 4.74. The van der Waals surface area contributed by atoms with Crippen molar-refractivity contribution in [3.05, 3.63) is 0 Å². The number of hydrogen-bond donors (Lipinski definition) is 0. The van der Waals surface area contributed by atoms with Gasteiger partial charge in [0.2, 0.25) is 0 Å². The van der Waals surface area contributed by atoms with Crippen LogP contribution in [0.4, 0.5) is 26.3 Å². The smallest absolute Gasteiger partial charge is 0.170 e. The first kappa shape index (κ1) is 49.5. The molecule has 0 amide bonds. The SMILES string of the molecule is C.C.C.C.CC(C)(C(F)(F)F)C(F)(F)F.CCC.CCC.CCC. The van der Waals surface area contributed by atoms with Crippen molar-refractivity contribution in [2.45, 2.75) is 117 Å². The minimum absolute atomic E-state index is 0. The highest BCUT2D eigenvalue weighted by Gasteiger charge is 2.64. The quantitative estimate of drug-likeness (QED) is 0.369. The molecule has 0 N–H and O–H groups in total. The summed E-state index contributed by atoms with van der Waals surface area (Å²) in [7, 11) is 0. The summed E-state index contributed by atoms with van der Waals surface area (Å²) in [6, 6.07) is 0. The summed E-state index contributed by atoms with van der Waals surface area (Å²) < 4.78 is 69.7. The Morgan fingerprint density at radius 2 is 0.542 bits per heavy atom. The first-order chi connectivity index (χ1) is 8.74. The molecule has 0 aromatic carbocycles. The van der Waals surface area contributed by atoms with Gasteiger partial charge in [-0.2, -0.15) is 26.3 Å². The van der Waals surface area contributed by atoms with E-state index in [1.165, 1.54) is 19.3 Å². The fraction of sp³-hybridized carbons (Fsp3) is 1.00. The normalized spacial score (nSPS) is 9.25. The summed E-state index contributed by atoms with van der Waals surface area (Å²) in [5.74, 6) is 0. The molecule has 0 spiro atoms. The van der Waals surface area contributed by atoms with E-state index in [1.807, 2.05) is 0 Å². The van der Waals surface area contributed by atoms with Crippen molar-refractivity contribution >= 4 is 0 Å². The van der Waals surface area contributed by atoms with Crippen LogP contribution in [0.5, 0.6) is 0 Å². The van der Waals surface area contributed by atoms with Crippen LogP contribution in [0, 0.1) is 5.41 Å². The van der Waals surface area contributed by atoms with Crippen LogP contribution in [0.2, 0.25) is 0 Å². The van der Waals surface area contributed by atoms with Crippen molar-refractivity contribution < 1.29 is 26.3 Å². The largest absolute Gasteiger partial charge is 0.402 e. The van der Waals surface area contributed by atoms with Gasteiger partial charge in [0.1, 0.15) is 0 Å². The number of rotatable bonds is 0. The zero-order chi connectivity index (χ0) is 17.6. The summed E-state index contributed by atoms with van der Waals surface area (Å²) in [4.78, 5) is 0. The molecule has 0 aliphatic heterocycles. The Balaban J connectivity index is -0.0000000281. The van der Waals surface area contributed by atoms with E-state index in [2.05, 4.69) is 41.5 Å². The first-order valence-electron chi connectivity index (χ1n) is 6.88.